The zero-order valence-electron chi connectivity index (χ0n) is 16.0. The first kappa shape index (κ1) is 21.6. The molecule has 0 aromatic carbocycles. The SMILES string of the molecule is C=P(C)(C)CC[C@H]1OC(n2cc(CC(=O)OC)c(=O)[nH]c2=O)[C@H](OC)[C@@H]1O. The Morgan fingerprint density at radius 3 is 2.63 bits per heavy atom. The first-order valence-corrected chi connectivity index (χ1v) is 11.6. The number of carbonyl (C=O) groups is 1. The van der Waals surface area contributed by atoms with E-state index in [0.29, 0.717) is 6.42 Å². The number of aliphatic hydroxyl groups is 1. The maximum Gasteiger partial charge on any atom is 0.330 e. The summed E-state index contributed by atoms with van der Waals surface area (Å²) in [6.07, 6.45) is 3.32. The average molecular weight is 402 g/mol. The summed E-state index contributed by atoms with van der Waals surface area (Å²) in [4.78, 5) is 37.9. The Morgan fingerprint density at radius 2 is 2.07 bits per heavy atom. The summed E-state index contributed by atoms with van der Waals surface area (Å²) in [5.41, 5.74) is -1.32. The second-order valence-electron chi connectivity index (χ2n) is 7.28. The van der Waals surface area contributed by atoms with Crippen molar-refractivity contribution in [3.63, 3.8) is 0 Å². The van der Waals surface area contributed by atoms with Crippen molar-refractivity contribution in [3.05, 3.63) is 32.6 Å². The quantitative estimate of drug-likeness (QED) is 0.471. The summed E-state index contributed by atoms with van der Waals surface area (Å²) in [5.74, 6) is -0.610. The molecule has 1 saturated heterocycles. The van der Waals surface area contributed by atoms with Crippen LogP contribution in [0.1, 0.15) is 18.2 Å². The highest BCUT2D eigenvalue weighted by Crippen LogP contribution is 2.39. The zero-order valence-corrected chi connectivity index (χ0v) is 16.9. The number of methoxy groups -OCH3 is 2. The van der Waals surface area contributed by atoms with E-state index in [-0.39, 0.29) is 12.0 Å². The minimum Gasteiger partial charge on any atom is -0.469 e. The lowest BCUT2D eigenvalue weighted by Gasteiger charge is -2.20. The summed E-state index contributed by atoms with van der Waals surface area (Å²) in [6.45, 7) is 2.87. The van der Waals surface area contributed by atoms with Crippen LogP contribution in [0.2, 0.25) is 0 Å². The van der Waals surface area contributed by atoms with E-state index in [0.717, 1.165) is 10.7 Å². The molecule has 2 rings (SSSR count). The van der Waals surface area contributed by atoms with Crippen LogP contribution in [0.4, 0.5) is 0 Å². The van der Waals surface area contributed by atoms with Crippen molar-refractivity contribution in [1.29, 1.82) is 0 Å². The second kappa shape index (κ2) is 8.56. The van der Waals surface area contributed by atoms with Crippen molar-refractivity contribution >= 4 is 19.2 Å². The molecule has 1 aromatic heterocycles. The molecule has 152 valence electrons. The number of carbonyl (C=O) groups excluding carboxylic acids is 1. The van der Waals surface area contributed by atoms with Gasteiger partial charge in [0.25, 0.3) is 5.56 Å². The van der Waals surface area contributed by atoms with Gasteiger partial charge in [-0.1, -0.05) is 0 Å². The van der Waals surface area contributed by atoms with E-state index in [9.17, 15) is 19.5 Å². The van der Waals surface area contributed by atoms with Crippen LogP contribution in [0.25, 0.3) is 0 Å². The molecule has 0 radical (unpaired) electrons. The minimum atomic E-state index is -1.31. The standard InChI is InChI=1S/C17H27N2O7P/c1-24-12(20)8-10-9-19(17(23)18-15(10)22)16-14(25-2)13(21)11(26-16)6-7-27(3,4)5/h9,11,13-14,16,21H,3,6-8H2,1-2,4-5H3,(H,18,22,23)/t11-,13-,14-,16?/m1/s1. The molecule has 2 heterocycles. The summed E-state index contributed by atoms with van der Waals surface area (Å²) < 4.78 is 17.0. The lowest BCUT2D eigenvalue weighted by atomic mass is 10.1. The molecule has 1 fully saturated rings. The van der Waals surface area contributed by atoms with Crippen molar-refractivity contribution in [2.75, 3.05) is 33.7 Å². The van der Waals surface area contributed by atoms with E-state index in [1.165, 1.54) is 20.4 Å². The van der Waals surface area contributed by atoms with Gasteiger partial charge in [-0.05, 0) is 25.9 Å². The second-order valence-corrected chi connectivity index (χ2v) is 11.6. The van der Waals surface area contributed by atoms with Crippen LogP contribution in [0, 0.1) is 0 Å². The normalized spacial score (nSPS) is 25.5. The topological polar surface area (TPSA) is 120 Å². The van der Waals surface area contributed by atoms with Crippen LogP contribution < -0.4 is 11.2 Å². The zero-order chi connectivity index (χ0) is 20.4. The highest BCUT2D eigenvalue weighted by molar-refractivity contribution is 7.72. The molecule has 0 amide bonds. The van der Waals surface area contributed by atoms with Crippen molar-refractivity contribution in [3.8, 4) is 0 Å². The number of aromatic nitrogens is 2. The Morgan fingerprint density at radius 1 is 1.41 bits per heavy atom. The number of nitrogens with one attached hydrogen (secondary N) is 1. The van der Waals surface area contributed by atoms with Crippen molar-refractivity contribution in [2.45, 2.75) is 37.4 Å². The molecular formula is C17H27N2O7P. The number of ether oxygens (including phenoxy) is 3. The van der Waals surface area contributed by atoms with Crippen molar-refractivity contribution < 1.29 is 24.1 Å². The molecule has 0 bridgehead atoms. The molecule has 27 heavy (non-hydrogen) atoms. The predicted molar refractivity (Wildman–Crippen MR) is 103 cm³/mol. The van der Waals surface area contributed by atoms with E-state index in [1.54, 1.807) is 0 Å². The van der Waals surface area contributed by atoms with Gasteiger partial charge in [-0.15, -0.1) is 13.2 Å². The van der Waals surface area contributed by atoms with E-state index in [4.69, 9.17) is 9.47 Å². The van der Waals surface area contributed by atoms with Gasteiger partial charge in [0.05, 0.1) is 19.6 Å². The van der Waals surface area contributed by atoms with Gasteiger partial charge in [0, 0.05) is 18.9 Å². The predicted octanol–water partition coefficient (Wildman–Crippen LogP) is -0.375. The molecule has 1 aliphatic rings. The van der Waals surface area contributed by atoms with Gasteiger partial charge in [0.15, 0.2) is 6.23 Å². The van der Waals surface area contributed by atoms with Gasteiger partial charge in [0.2, 0.25) is 0 Å². The van der Waals surface area contributed by atoms with Gasteiger partial charge in [-0.3, -0.25) is 19.1 Å². The number of nitrogens with zero attached hydrogens (tertiary/aromatic N) is 1. The third-order valence-electron chi connectivity index (χ3n) is 4.48. The fraction of sp³-hybridized carbons (Fsp3) is 0.647. The first-order chi connectivity index (χ1) is 12.6. The van der Waals surface area contributed by atoms with E-state index >= 15 is 0 Å². The van der Waals surface area contributed by atoms with Gasteiger partial charge in [-0.25, -0.2) is 4.79 Å². The highest BCUT2D eigenvalue weighted by atomic mass is 31.2. The Bertz CT molecular complexity index is 840. The molecule has 1 aliphatic heterocycles. The van der Waals surface area contributed by atoms with Crippen LogP contribution in [-0.4, -0.2) is 78.9 Å². The lowest BCUT2D eigenvalue weighted by molar-refractivity contribution is -0.139. The highest BCUT2D eigenvalue weighted by Gasteiger charge is 2.45. The molecular weight excluding hydrogens is 375 g/mol. The molecule has 1 unspecified atom stereocenters. The summed E-state index contributed by atoms with van der Waals surface area (Å²) in [6, 6.07) is 0. The largest absolute Gasteiger partial charge is 0.469 e. The minimum absolute atomic E-state index is 0.0580. The van der Waals surface area contributed by atoms with Crippen molar-refractivity contribution in [1.82, 2.24) is 9.55 Å². The number of hydrogen-bond donors (Lipinski definition) is 2. The molecule has 2 N–H and O–H groups in total. The Kier molecular flexibility index (Phi) is 6.86. The van der Waals surface area contributed by atoms with Crippen LogP contribution in [0.3, 0.4) is 0 Å². The number of aliphatic hydroxyl groups excluding tert-OH is 1. The van der Waals surface area contributed by atoms with Gasteiger partial charge < -0.3 is 19.3 Å². The lowest BCUT2D eigenvalue weighted by Crippen LogP contribution is -2.40. The Hall–Kier alpha value is -1.67. The monoisotopic (exact) mass is 402 g/mol. The molecule has 4 atom stereocenters. The van der Waals surface area contributed by atoms with E-state index in [2.05, 4.69) is 29.3 Å². The molecule has 0 saturated carbocycles. The number of aromatic amines is 1. The number of H-pyrrole nitrogens is 1. The maximum absolute atomic E-state index is 12.3. The molecule has 1 aromatic rings. The van der Waals surface area contributed by atoms with Gasteiger partial charge >= 0.3 is 11.7 Å². The summed E-state index contributed by atoms with van der Waals surface area (Å²) >= 11 is 0. The maximum atomic E-state index is 12.3. The fourth-order valence-corrected chi connectivity index (χ4v) is 3.94. The Balaban J connectivity index is 2.33. The molecule has 0 aliphatic carbocycles. The van der Waals surface area contributed by atoms with E-state index < -0.39 is 48.6 Å². The van der Waals surface area contributed by atoms with Crippen LogP contribution >= 0.6 is 6.89 Å². The summed E-state index contributed by atoms with van der Waals surface area (Å²) in [7, 11) is 2.62. The number of rotatable bonds is 7. The van der Waals surface area contributed by atoms with Crippen LogP contribution in [-0.2, 0) is 25.4 Å². The summed E-state index contributed by atoms with van der Waals surface area (Å²) in [5, 5.41) is 10.6. The van der Waals surface area contributed by atoms with Gasteiger partial charge in [0.1, 0.15) is 12.2 Å². The molecule has 0 spiro atoms. The number of esters is 1. The van der Waals surface area contributed by atoms with E-state index in [1.807, 2.05) is 0 Å². The third-order valence-corrected chi connectivity index (χ3v) is 5.95. The molecule has 9 nitrogen and oxygen atoms in total. The smallest absolute Gasteiger partial charge is 0.330 e. The average Bonchev–Trinajstić information content (AvgIpc) is 2.90. The van der Waals surface area contributed by atoms with Gasteiger partial charge in [-0.2, -0.15) is 0 Å². The van der Waals surface area contributed by atoms with Crippen molar-refractivity contribution in [2.24, 2.45) is 0 Å². The first-order valence-electron chi connectivity index (χ1n) is 8.52. The molecule has 10 heteroatoms. The fourth-order valence-electron chi connectivity index (χ4n) is 2.98. The van der Waals surface area contributed by atoms with Crippen LogP contribution in [0.15, 0.2) is 15.8 Å². The Labute approximate surface area is 157 Å². The third kappa shape index (κ3) is 5.19. The van der Waals surface area contributed by atoms with Crippen LogP contribution in [0.5, 0.6) is 0 Å². The number of hydrogen-bond acceptors (Lipinski definition) is 7.